The maximum absolute atomic E-state index is 11.7. The molecule has 0 aromatic carbocycles. The molecule has 8 heteroatoms. The van der Waals surface area contributed by atoms with E-state index < -0.39 is 5.91 Å². The lowest BCUT2D eigenvalue weighted by Crippen LogP contribution is -2.43. The highest BCUT2D eigenvalue weighted by molar-refractivity contribution is 5.93. The molecule has 4 rings (SSSR count). The molecule has 0 spiro atoms. The molecule has 2 aliphatic heterocycles. The van der Waals surface area contributed by atoms with Crippen LogP contribution in [0.5, 0.6) is 0 Å². The molecule has 0 aliphatic carbocycles. The number of hydrogen-bond acceptors (Lipinski definition) is 7. The number of aromatic nitrogens is 2. The molecule has 1 saturated heterocycles. The molecule has 2 aliphatic rings. The Morgan fingerprint density at radius 2 is 2.14 bits per heavy atom. The van der Waals surface area contributed by atoms with Crippen LogP contribution in [0.4, 0.5) is 0 Å². The quantitative estimate of drug-likeness (QED) is 0.799. The molecule has 2 aromatic rings. The molecule has 0 bridgehead atoms. The van der Waals surface area contributed by atoms with Crippen molar-refractivity contribution in [2.75, 3.05) is 19.8 Å². The van der Waals surface area contributed by atoms with Gasteiger partial charge in [0.15, 0.2) is 5.88 Å². The Bertz CT molecular complexity index is 929. The SMILES string of the molecule is Cc1onc(-c2ccccn2)c1COC1=CC=C(C(N)=O)CN1C1CCOCC1. The van der Waals surface area contributed by atoms with Crippen molar-refractivity contribution >= 4 is 5.91 Å². The van der Waals surface area contributed by atoms with E-state index in [9.17, 15) is 4.79 Å². The predicted octanol–water partition coefficient (Wildman–Crippen LogP) is 2.31. The van der Waals surface area contributed by atoms with Gasteiger partial charge in [-0.05, 0) is 44.1 Å². The van der Waals surface area contributed by atoms with Gasteiger partial charge < -0.3 is 24.6 Å². The number of nitrogens with zero attached hydrogens (tertiary/aromatic N) is 3. The minimum Gasteiger partial charge on any atom is -0.474 e. The summed E-state index contributed by atoms with van der Waals surface area (Å²) < 4.78 is 17.1. The fourth-order valence-electron chi connectivity index (χ4n) is 3.59. The zero-order chi connectivity index (χ0) is 20.2. The Morgan fingerprint density at radius 3 is 2.86 bits per heavy atom. The summed E-state index contributed by atoms with van der Waals surface area (Å²) in [5.41, 5.74) is 8.33. The number of ether oxygens (including phenoxy) is 2. The molecule has 152 valence electrons. The highest BCUT2D eigenvalue weighted by Gasteiger charge is 2.29. The van der Waals surface area contributed by atoms with E-state index >= 15 is 0 Å². The first-order valence-electron chi connectivity index (χ1n) is 9.68. The molecular formula is C21H24N4O4. The number of rotatable bonds is 6. The summed E-state index contributed by atoms with van der Waals surface area (Å²) >= 11 is 0. The third-order valence-electron chi connectivity index (χ3n) is 5.26. The normalized spacial score (nSPS) is 17.6. The lowest BCUT2D eigenvalue weighted by Gasteiger charge is -2.38. The average molecular weight is 396 g/mol. The van der Waals surface area contributed by atoms with Gasteiger partial charge in [0.05, 0.1) is 17.8 Å². The lowest BCUT2D eigenvalue weighted by atomic mass is 10.0. The van der Waals surface area contributed by atoms with Gasteiger partial charge in [0.1, 0.15) is 18.1 Å². The molecule has 0 radical (unpaired) electrons. The largest absolute Gasteiger partial charge is 0.474 e. The van der Waals surface area contributed by atoms with Gasteiger partial charge in [-0.1, -0.05) is 11.2 Å². The van der Waals surface area contributed by atoms with Gasteiger partial charge in [-0.2, -0.15) is 0 Å². The van der Waals surface area contributed by atoms with E-state index in [1.165, 1.54) is 0 Å². The first-order chi connectivity index (χ1) is 14.1. The van der Waals surface area contributed by atoms with Crippen molar-refractivity contribution in [1.29, 1.82) is 0 Å². The first kappa shape index (κ1) is 19.2. The topological polar surface area (TPSA) is 104 Å². The molecule has 4 heterocycles. The van der Waals surface area contributed by atoms with Crippen molar-refractivity contribution in [2.24, 2.45) is 5.73 Å². The highest BCUT2D eigenvalue weighted by atomic mass is 16.5. The van der Waals surface area contributed by atoms with Crippen LogP contribution in [0.3, 0.4) is 0 Å². The van der Waals surface area contributed by atoms with Crippen molar-refractivity contribution < 1.29 is 18.8 Å². The number of carbonyl (C=O) groups is 1. The van der Waals surface area contributed by atoms with E-state index in [1.807, 2.05) is 31.2 Å². The lowest BCUT2D eigenvalue weighted by molar-refractivity contribution is -0.115. The average Bonchev–Trinajstić information content (AvgIpc) is 3.13. The Hall–Kier alpha value is -3.13. The smallest absolute Gasteiger partial charge is 0.246 e. The third-order valence-corrected chi connectivity index (χ3v) is 5.26. The molecule has 0 unspecified atom stereocenters. The Balaban J connectivity index is 1.56. The van der Waals surface area contributed by atoms with Gasteiger partial charge in [0.2, 0.25) is 5.91 Å². The van der Waals surface area contributed by atoms with E-state index in [4.69, 9.17) is 19.7 Å². The zero-order valence-electron chi connectivity index (χ0n) is 16.3. The molecule has 2 N–H and O–H groups in total. The van der Waals surface area contributed by atoms with Crippen molar-refractivity contribution in [2.45, 2.75) is 32.4 Å². The number of primary amides is 1. The maximum atomic E-state index is 11.7. The van der Waals surface area contributed by atoms with Crippen LogP contribution in [0.2, 0.25) is 0 Å². The predicted molar refractivity (Wildman–Crippen MR) is 105 cm³/mol. The summed E-state index contributed by atoms with van der Waals surface area (Å²) in [7, 11) is 0. The highest BCUT2D eigenvalue weighted by Crippen LogP contribution is 2.28. The van der Waals surface area contributed by atoms with E-state index in [1.54, 1.807) is 12.3 Å². The van der Waals surface area contributed by atoms with Crippen LogP contribution in [-0.4, -0.2) is 46.7 Å². The first-order valence-corrected chi connectivity index (χ1v) is 9.68. The Kier molecular flexibility index (Phi) is 5.62. The number of hydrogen-bond donors (Lipinski definition) is 1. The number of pyridine rings is 1. The fraction of sp³-hybridized carbons (Fsp3) is 0.381. The third kappa shape index (κ3) is 4.17. The molecule has 0 atom stereocenters. The Labute approximate surface area is 169 Å². The summed E-state index contributed by atoms with van der Waals surface area (Å²) in [5.74, 6) is 0.979. The number of carbonyl (C=O) groups excluding carboxylic acids is 1. The minimum atomic E-state index is -0.412. The van der Waals surface area contributed by atoms with Gasteiger partial charge in [-0.15, -0.1) is 0 Å². The van der Waals surface area contributed by atoms with Gasteiger partial charge in [-0.3, -0.25) is 9.78 Å². The molecule has 2 aromatic heterocycles. The van der Waals surface area contributed by atoms with Crippen molar-refractivity contribution in [3.8, 4) is 11.4 Å². The van der Waals surface area contributed by atoms with Crippen LogP contribution in [0, 0.1) is 6.92 Å². The van der Waals surface area contributed by atoms with Crippen LogP contribution in [0.15, 0.2) is 52.5 Å². The summed E-state index contributed by atoms with van der Waals surface area (Å²) in [5, 5.41) is 4.15. The van der Waals surface area contributed by atoms with Crippen LogP contribution < -0.4 is 5.73 Å². The van der Waals surface area contributed by atoms with E-state index in [-0.39, 0.29) is 12.6 Å². The minimum absolute atomic E-state index is 0.233. The number of nitrogens with two attached hydrogens (primary N) is 1. The molecular weight excluding hydrogens is 372 g/mol. The second kappa shape index (κ2) is 8.48. The summed E-state index contributed by atoms with van der Waals surface area (Å²) in [6.07, 6.45) is 7.00. The standard InChI is InChI=1S/C21H24N4O4/c1-14-17(20(24-29-14)18-4-2-3-9-23-18)13-28-19-6-5-15(21(22)26)12-25(19)16-7-10-27-11-8-16/h2-6,9,16H,7-8,10-13H2,1H3,(H2,22,26). The second-order valence-electron chi connectivity index (χ2n) is 7.10. The van der Waals surface area contributed by atoms with Gasteiger partial charge in [-0.25, -0.2) is 0 Å². The zero-order valence-corrected chi connectivity index (χ0v) is 16.3. The van der Waals surface area contributed by atoms with E-state index in [2.05, 4.69) is 15.0 Å². The van der Waals surface area contributed by atoms with Crippen LogP contribution >= 0.6 is 0 Å². The molecule has 8 nitrogen and oxygen atoms in total. The Morgan fingerprint density at radius 1 is 1.31 bits per heavy atom. The van der Waals surface area contributed by atoms with Crippen molar-refractivity contribution in [3.05, 3.63) is 59.3 Å². The summed E-state index contributed by atoms with van der Waals surface area (Å²) in [4.78, 5) is 18.1. The molecule has 29 heavy (non-hydrogen) atoms. The van der Waals surface area contributed by atoms with Crippen molar-refractivity contribution in [1.82, 2.24) is 15.0 Å². The van der Waals surface area contributed by atoms with E-state index in [0.29, 0.717) is 42.7 Å². The summed E-state index contributed by atoms with van der Waals surface area (Å²) in [6.45, 7) is 3.96. The van der Waals surface area contributed by atoms with Crippen LogP contribution in [0.1, 0.15) is 24.2 Å². The summed E-state index contributed by atoms with van der Waals surface area (Å²) in [6, 6.07) is 5.88. The molecule has 1 amide bonds. The van der Waals surface area contributed by atoms with Crippen molar-refractivity contribution in [3.63, 3.8) is 0 Å². The van der Waals surface area contributed by atoms with Gasteiger partial charge >= 0.3 is 0 Å². The number of aryl methyl sites for hydroxylation is 1. The molecule has 1 fully saturated rings. The van der Waals surface area contributed by atoms with Gasteiger partial charge in [0, 0.05) is 31.0 Å². The van der Waals surface area contributed by atoms with Gasteiger partial charge in [0.25, 0.3) is 0 Å². The fourth-order valence-corrected chi connectivity index (χ4v) is 3.59. The van der Waals surface area contributed by atoms with Crippen LogP contribution in [-0.2, 0) is 20.9 Å². The van der Waals surface area contributed by atoms with E-state index in [0.717, 1.165) is 24.1 Å². The number of allylic oxidation sites excluding steroid dienone is 2. The monoisotopic (exact) mass is 396 g/mol. The molecule has 0 saturated carbocycles. The maximum Gasteiger partial charge on any atom is 0.246 e. The van der Waals surface area contributed by atoms with Crippen LogP contribution in [0.25, 0.3) is 11.4 Å². The second-order valence-corrected chi connectivity index (χ2v) is 7.10. The number of amides is 1.